The van der Waals surface area contributed by atoms with Crippen molar-refractivity contribution in [3.05, 3.63) is 87.6 Å². The van der Waals surface area contributed by atoms with E-state index in [4.69, 9.17) is 9.47 Å². The molecule has 0 saturated heterocycles. The molecule has 0 radical (unpaired) electrons. The predicted octanol–water partition coefficient (Wildman–Crippen LogP) is 9.57. The number of ether oxygens (including phenoxy) is 2. The molecule has 0 fully saturated rings. The highest BCUT2D eigenvalue weighted by atomic mass is 32.1. The van der Waals surface area contributed by atoms with Crippen LogP contribution in [0.5, 0.6) is 5.75 Å². The Bertz CT molecular complexity index is 1540. The number of allylic oxidation sites excluding steroid dienone is 2. The highest BCUT2D eigenvalue weighted by Crippen LogP contribution is 2.66. The summed E-state index contributed by atoms with van der Waals surface area (Å²) in [6.07, 6.45) is 0. The second-order valence-electron chi connectivity index (χ2n) is 9.08. The number of thiophene rings is 2. The van der Waals surface area contributed by atoms with Crippen molar-refractivity contribution in [2.45, 2.75) is 31.6 Å². The number of hydrogen-bond acceptors (Lipinski definition) is 4. The van der Waals surface area contributed by atoms with Crippen LogP contribution in [0, 0.1) is 13.8 Å². The number of aryl methyl sites for hydroxylation is 2. The summed E-state index contributed by atoms with van der Waals surface area (Å²) in [6.45, 7) is 2.97. The van der Waals surface area contributed by atoms with Gasteiger partial charge in [0.1, 0.15) is 5.75 Å². The van der Waals surface area contributed by atoms with Gasteiger partial charge in [-0.3, -0.25) is 0 Å². The van der Waals surface area contributed by atoms with Crippen molar-refractivity contribution >= 4 is 33.8 Å². The normalized spacial score (nSPS) is 17.6. The maximum atomic E-state index is 15.4. The first-order valence-electron chi connectivity index (χ1n) is 11.8. The third-order valence-electron chi connectivity index (χ3n) is 6.58. The molecule has 0 N–H and O–H groups in total. The summed E-state index contributed by atoms with van der Waals surface area (Å²) in [5, 5.41) is 0. The number of alkyl halides is 6. The fourth-order valence-corrected chi connectivity index (χ4v) is 6.69. The Morgan fingerprint density at radius 1 is 0.667 bits per heavy atom. The molecule has 204 valence electrons. The Morgan fingerprint density at radius 3 is 1.59 bits per heavy atom. The molecule has 0 spiro atoms. The summed E-state index contributed by atoms with van der Waals surface area (Å²) < 4.78 is 102. The Morgan fingerprint density at radius 2 is 1.13 bits per heavy atom. The van der Waals surface area contributed by atoms with Crippen LogP contribution in [-0.2, 0) is 4.74 Å². The van der Waals surface area contributed by atoms with E-state index < -0.39 is 28.9 Å². The van der Waals surface area contributed by atoms with Crippen molar-refractivity contribution in [2.24, 2.45) is 0 Å². The van der Waals surface area contributed by atoms with Crippen LogP contribution in [-0.4, -0.2) is 31.7 Å². The second kappa shape index (κ2) is 9.83. The van der Waals surface area contributed by atoms with Gasteiger partial charge in [0.05, 0.1) is 0 Å². The van der Waals surface area contributed by atoms with Crippen LogP contribution in [0.4, 0.5) is 26.3 Å². The molecule has 39 heavy (non-hydrogen) atoms. The zero-order valence-corrected chi connectivity index (χ0v) is 22.6. The van der Waals surface area contributed by atoms with Crippen LogP contribution in [0.1, 0.15) is 20.9 Å². The number of rotatable bonds is 7. The largest absolute Gasteiger partial charge is 0.468 e. The van der Waals surface area contributed by atoms with Gasteiger partial charge < -0.3 is 9.47 Å². The van der Waals surface area contributed by atoms with E-state index in [-0.39, 0.29) is 27.7 Å². The average molecular weight is 581 g/mol. The Labute approximate surface area is 229 Å². The molecule has 0 atom stereocenters. The molecule has 2 aromatic heterocycles. The molecule has 2 heterocycles. The maximum absolute atomic E-state index is 15.4. The molecule has 2 nitrogen and oxygen atoms in total. The van der Waals surface area contributed by atoms with Gasteiger partial charge in [0, 0.05) is 37.8 Å². The lowest BCUT2D eigenvalue weighted by Gasteiger charge is -2.25. The van der Waals surface area contributed by atoms with E-state index in [1.807, 2.05) is 0 Å². The smallest absolute Gasteiger partial charge is 0.380 e. The van der Waals surface area contributed by atoms with Gasteiger partial charge in [-0.2, -0.15) is 26.3 Å². The van der Waals surface area contributed by atoms with Gasteiger partial charge >= 0.3 is 17.8 Å². The summed E-state index contributed by atoms with van der Waals surface area (Å²) in [5.41, 5.74) is -2.02. The molecule has 0 unspecified atom stereocenters. The minimum atomic E-state index is -5.61. The zero-order chi connectivity index (χ0) is 28.2. The van der Waals surface area contributed by atoms with Crippen molar-refractivity contribution in [1.82, 2.24) is 0 Å². The first kappa shape index (κ1) is 27.5. The van der Waals surface area contributed by atoms with Gasteiger partial charge in [-0.05, 0) is 72.5 Å². The molecule has 0 aliphatic heterocycles. The quantitative estimate of drug-likeness (QED) is 0.160. The standard InChI is InChI=1S/C29H22F6O2S2/c1-16-21(13-23(38-16)18-7-5-4-6-8-18)25-26(28(32,33)29(34,35)27(25,30)31)22-14-24(39-17(22)2)19-9-11-20(12-10-19)37-15-36-3/h4-14H,15H2,1-3H3. The van der Waals surface area contributed by atoms with Crippen LogP contribution in [0.15, 0.2) is 66.7 Å². The lowest BCUT2D eigenvalue weighted by molar-refractivity contribution is -0.254. The lowest BCUT2D eigenvalue weighted by atomic mass is 9.94. The number of methoxy groups -OCH3 is 1. The molecule has 0 bridgehead atoms. The van der Waals surface area contributed by atoms with E-state index in [1.165, 1.54) is 33.1 Å². The first-order valence-corrected chi connectivity index (χ1v) is 13.4. The SMILES string of the molecule is COCOc1ccc(-c2cc(C3=C(c4cc(-c5ccccc5)sc4C)C(F)(F)C(F)(F)C3(F)F)c(C)s2)cc1. The average Bonchev–Trinajstić information content (AvgIpc) is 3.50. The molecular weight excluding hydrogens is 558 g/mol. The van der Waals surface area contributed by atoms with Crippen LogP contribution in [0.3, 0.4) is 0 Å². The van der Waals surface area contributed by atoms with Gasteiger partial charge in [-0.25, -0.2) is 0 Å². The molecular formula is C29H22F6O2S2. The van der Waals surface area contributed by atoms with Crippen LogP contribution < -0.4 is 4.74 Å². The first-order chi connectivity index (χ1) is 18.4. The van der Waals surface area contributed by atoms with E-state index >= 15 is 17.6 Å². The third kappa shape index (κ3) is 4.38. The molecule has 0 amide bonds. The lowest BCUT2D eigenvalue weighted by Crippen LogP contribution is -2.48. The fourth-order valence-electron chi connectivity index (χ4n) is 4.62. The van der Waals surface area contributed by atoms with Gasteiger partial charge in [0.2, 0.25) is 0 Å². The number of hydrogen-bond donors (Lipinski definition) is 0. The number of benzene rings is 2. The summed E-state index contributed by atoms with van der Waals surface area (Å²) in [6, 6.07) is 17.9. The fraction of sp³-hybridized carbons (Fsp3) is 0.241. The van der Waals surface area contributed by atoms with Crippen molar-refractivity contribution in [3.8, 4) is 26.6 Å². The predicted molar refractivity (Wildman–Crippen MR) is 143 cm³/mol. The van der Waals surface area contributed by atoms with E-state index in [0.717, 1.165) is 22.7 Å². The van der Waals surface area contributed by atoms with E-state index in [9.17, 15) is 8.78 Å². The van der Waals surface area contributed by atoms with Crippen LogP contribution in [0.25, 0.3) is 32.0 Å². The third-order valence-corrected chi connectivity index (χ3v) is 8.78. The van der Waals surface area contributed by atoms with Crippen LogP contribution in [0.2, 0.25) is 0 Å². The van der Waals surface area contributed by atoms with Crippen LogP contribution >= 0.6 is 22.7 Å². The molecule has 0 saturated carbocycles. The van der Waals surface area contributed by atoms with Crippen molar-refractivity contribution in [3.63, 3.8) is 0 Å². The van der Waals surface area contributed by atoms with E-state index in [0.29, 0.717) is 26.6 Å². The monoisotopic (exact) mass is 580 g/mol. The molecule has 1 aliphatic carbocycles. The second-order valence-corrected chi connectivity index (χ2v) is 11.6. The molecule has 2 aromatic carbocycles. The van der Waals surface area contributed by atoms with Crippen molar-refractivity contribution in [2.75, 3.05) is 13.9 Å². The van der Waals surface area contributed by atoms with Gasteiger partial charge in [-0.1, -0.05) is 30.3 Å². The van der Waals surface area contributed by atoms with Crippen molar-refractivity contribution in [1.29, 1.82) is 0 Å². The summed E-state index contributed by atoms with van der Waals surface area (Å²) in [5.74, 6) is -15.3. The van der Waals surface area contributed by atoms with E-state index in [1.54, 1.807) is 54.6 Å². The minimum absolute atomic E-state index is 0.0318. The summed E-state index contributed by atoms with van der Waals surface area (Å²) in [4.78, 5) is 1.45. The highest BCUT2D eigenvalue weighted by molar-refractivity contribution is 7.16. The Hall–Kier alpha value is -3.08. The topological polar surface area (TPSA) is 18.5 Å². The molecule has 1 aliphatic rings. The van der Waals surface area contributed by atoms with Gasteiger partial charge in [0.15, 0.2) is 6.79 Å². The Kier molecular flexibility index (Phi) is 6.93. The Balaban J connectivity index is 1.68. The maximum Gasteiger partial charge on any atom is 0.380 e. The number of halogens is 6. The van der Waals surface area contributed by atoms with Crippen molar-refractivity contribution < 1.29 is 35.8 Å². The minimum Gasteiger partial charge on any atom is -0.468 e. The molecule has 4 aromatic rings. The molecule has 10 heteroatoms. The highest BCUT2D eigenvalue weighted by Gasteiger charge is 2.80. The van der Waals surface area contributed by atoms with Gasteiger partial charge in [-0.15, -0.1) is 22.7 Å². The summed E-state index contributed by atoms with van der Waals surface area (Å²) in [7, 11) is 1.47. The summed E-state index contributed by atoms with van der Waals surface area (Å²) >= 11 is 2.15. The van der Waals surface area contributed by atoms with E-state index in [2.05, 4.69) is 0 Å². The van der Waals surface area contributed by atoms with Gasteiger partial charge in [0.25, 0.3) is 0 Å². The molecule has 5 rings (SSSR count). The zero-order valence-electron chi connectivity index (χ0n) is 21.0.